The van der Waals surface area contributed by atoms with Crippen molar-refractivity contribution in [3.05, 3.63) is 42.8 Å². The van der Waals surface area contributed by atoms with Crippen LogP contribution in [-0.4, -0.2) is 39.3 Å². The molecule has 23 heavy (non-hydrogen) atoms. The van der Waals surface area contributed by atoms with Gasteiger partial charge in [0.1, 0.15) is 28.5 Å². The van der Waals surface area contributed by atoms with Crippen LogP contribution in [0.3, 0.4) is 0 Å². The summed E-state index contributed by atoms with van der Waals surface area (Å²) in [6.45, 7) is 1.73. The van der Waals surface area contributed by atoms with Crippen LogP contribution in [0.5, 0.6) is 0 Å². The molecule has 0 spiro atoms. The summed E-state index contributed by atoms with van der Waals surface area (Å²) in [6, 6.07) is 10.3. The van der Waals surface area contributed by atoms with E-state index in [0.29, 0.717) is 0 Å². The lowest BCUT2D eigenvalue weighted by atomic mass is 10.2. The van der Waals surface area contributed by atoms with Gasteiger partial charge in [0.2, 0.25) is 0 Å². The lowest BCUT2D eigenvalue weighted by Crippen LogP contribution is -2.40. The normalized spacial score (nSPS) is 16.0. The topological polar surface area (TPSA) is 65.2 Å². The fourth-order valence-electron chi connectivity index (χ4n) is 2.58. The fourth-order valence-corrected chi connectivity index (χ4v) is 4.52. The van der Waals surface area contributed by atoms with E-state index >= 15 is 0 Å². The molecule has 0 radical (unpaired) electrons. The molecule has 0 saturated carbocycles. The zero-order valence-electron chi connectivity index (χ0n) is 12.3. The lowest BCUT2D eigenvalue weighted by Gasteiger charge is -2.29. The van der Waals surface area contributed by atoms with Gasteiger partial charge in [-0.25, -0.2) is 4.98 Å². The highest BCUT2D eigenvalue weighted by atomic mass is 32.2. The second-order valence-electron chi connectivity index (χ2n) is 5.30. The Labute approximate surface area is 141 Å². The first-order valence-corrected chi connectivity index (χ1v) is 9.67. The SMILES string of the molecule is [O-][S+]1CCN(c2ccc(-c3cnc(-c4ccon4)s3)cc2)CC1. The van der Waals surface area contributed by atoms with E-state index in [1.807, 2.05) is 12.3 Å². The van der Waals surface area contributed by atoms with Crippen molar-refractivity contribution in [3.63, 3.8) is 0 Å². The Hall–Kier alpha value is -1.83. The van der Waals surface area contributed by atoms with Crippen LogP contribution in [-0.2, 0) is 11.2 Å². The molecule has 2 aromatic heterocycles. The highest BCUT2D eigenvalue weighted by molar-refractivity contribution is 7.91. The highest BCUT2D eigenvalue weighted by Gasteiger charge is 2.19. The summed E-state index contributed by atoms with van der Waals surface area (Å²) in [5, 5.41) is 4.77. The van der Waals surface area contributed by atoms with Crippen LogP contribution in [0.25, 0.3) is 21.1 Å². The van der Waals surface area contributed by atoms with Gasteiger partial charge >= 0.3 is 0 Å². The second-order valence-corrected chi connectivity index (χ2v) is 8.02. The molecule has 7 heteroatoms. The van der Waals surface area contributed by atoms with Crippen LogP contribution < -0.4 is 4.90 Å². The highest BCUT2D eigenvalue weighted by Crippen LogP contribution is 2.32. The molecule has 0 atom stereocenters. The quantitative estimate of drug-likeness (QED) is 0.683. The number of anilines is 1. The van der Waals surface area contributed by atoms with Gasteiger partial charge < -0.3 is 14.0 Å². The molecule has 0 amide bonds. The van der Waals surface area contributed by atoms with Crippen LogP contribution >= 0.6 is 11.3 Å². The maximum absolute atomic E-state index is 11.4. The Kier molecular flexibility index (Phi) is 4.07. The Morgan fingerprint density at radius 2 is 1.91 bits per heavy atom. The van der Waals surface area contributed by atoms with Crippen molar-refractivity contribution < 1.29 is 9.08 Å². The molecule has 0 unspecified atom stereocenters. The van der Waals surface area contributed by atoms with Gasteiger partial charge in [0.15, 0.2) is 0 Å². The summed E-state index contributed by atoms with van der Waals surface area (Å²) < 4.78 is 16.3. The summed E-state index contributed by atoms with van der Waals surface area (Å²) in [6.07, 6.45) is 3.42. The third kappa shape index (κ3) is 3.12. The monoisotopic (exact) mass is 345 g/mol. The molecular weight excluding hydrogens is 330 g/mol. The van der Waals surface area contributed by atoms with Gasteiger partial charge in [-0.1, -0.05) is 28.5 Å². The molecule has 0 N–H and O–H groups in total. The lowest BCUT2D eigenvalue weighted by molar-refractivity contribution is 0.422. The Balaban J connectivity index is 1.52. The number of rotatable bonds is 3. The number of hydrogen-bond acceptors (Lipinski definition) is 6. The number of hydrogen-bond donors (Lipinski definition) is 0. The fraction of sp³-hybridized carbons (Fsp3) is 0.250. The van der Waals surface area contributed by atoms with E-state index in [2.05, 4.69) is 39.3 Å². The van der Waals surface area contributed by atoms with Crippen molar-refractivity contribution in [2.24, 2.45) is 0 Å². The third-order valence-electron chi connectivity index (χ3n) is 3.86. The van der Waals surface area contributed by atoms with Crippen LogP contribution in [0, 0.1) is 0 Å². The molecule has 4 rings (SSSR count). The molecular formula is C16H15N3O2S2. The van der Waals surface area contributed by atoms with Gasteiger partial charge in [-0.05, 0) is 17.7 Å². The van der Waals surface area contributed by atoms with Gasteiger partial charge in [-0.15, -0.1) is 11.3 Å². The number of nitrogens with zero attached hydrogens (tertiary/aromatic N) is 3. The molecule has 1 fully saturated rings. The van der Waals surface area contributed by atoms with Crippen molar-refractivity contribution in [1.29, 1.82) is 0 Å². The predicted molar refractivity (Wildman–Crippen MR) is 93.1 cm³/mol. The van der Waals surface area contributed by atoms with E-state index in [0.717, 1.165) is 45.7 Å². The predicted octanol–water partition coefficient (Wildman–Crippen LogP) is 3.03. The molecule has 1 saturated heterocycles. The first kappa shape index (κ1) is 14.7. The minimum atomic E-state index is -0.643. The van der Waals surface area contributed by atoms with E-state index in [-0.39, 0.29) is 0 Å². The number of thiazole rings is 1. The van der Waals surface area contributed by atoms with Gasteiger partial charge in [0.05, 0.1) is 18.0 Å². The Morgan fingerprint density at radius 1 is 1.13 bits per heavy atom. The van der Waals surface area contributed by atoms with Crippen LogP contribution in [0.4, 0.5) is 5.69 Å². The third-order valence-corrected chi connectivity index (χ3v) is 6.20. The molecule has 3 heterocycles. The van der Waals surface area contributed by atoms with Crippen molar-refractivity contribution >= 4 is 28.2 Å². The largest absolute Gasteiger partial charge is 0.616 e. The molecule has 5 nitrogen and oxygen atoms in total. The van der Waals surface area contributed by atoms with Crippen molar-refractivity contribution in [2.45, 2.75) is 0 Å². The average Bonchev–Trinajstić information content (AvgIpc) is 3.27. The Bertz CT molecular complexity index is 763. The second kappa shape index (κ2) is 6.35. The minimum Gasteiger partial charge on any atom is -0.616 e. The zero-order valence-corrected chi connectivity index (χ0v) is 14.0. The number of benzene rings is 1. The summed E-state index contributed by atoms with van der Waals surface area (Å²) in [5.74, 6) is 1.52. The van der Waals surface area contributed by atoms with Crippen molar-refractivity contribution in [1.82, 2.24) is 10.1 Å². The van der Waals surface area contributed by atoms with E-state index in [4.69, 9.17) is 4.52 Å². The van der Waals surface area contributed by atoms with Crippen LogP contribution in [0.1, 0.15) is 0 Å². The van der Waals surface area contributed by atoms with Gasteiger partial charge in [-0.2, -0.15) is 0 Å². The molecule has 118 valence electrons. The van der Waals surface area contributed by atoms with E-state index < -0.39 is 11.2 Å². The average molecular weight is 345 g/mol. The molecule has 0 bridgehead atoms. The van der Waals surface area contributed by atoms with E-state index in [1.165, 1.54) is 5.69 Å². The Morgan fingerprint density at radius 3 is 2.61 bits per heavy atom. The summed E-state index contributed by atoms with van der Waals surface area (Å²) in [4.78, 5) is 7.80. The smallest absolute Gasteiger partial charge is 0.145 e. The summed E-state index contributed by atoms with van der Waals surface area (Å²) >= 11 is 0.955. The zero-order chi connectivity index (χ0) is 15.6. The first-order chi connectivity index (χ1) is 11.3. The number of aromatic nitrogens is 2. The van der Waals surface area contributed by atoms with Gasteiger partial charge in [0.25, 0.3) is 0 Å². The van der Waals surface area contributed by atoms with E-state index in [9.17, 15) is 4.55 Å². The standard InChI is InChI=1S/C16H15N3O2S2/c20-23-9-6-19(7-10-23)13-3-1-12(2-4-13)15-11-17-16(22-15)14-5-8-21-18-14/h1-5,8,11H,6-7,9-10H2. The molecule has 0 aliphatic carbocycles. The summed E-state index contributed by atoms with van der Waals surface area (Å²) in [7, 11) is 0. The van der Waals surface area contributed by atoms with Gasteiger partial charge in [-0.3, -0.25) is 0 Å². The maximum atomic E-state index is 11.4. The first-order valence-electron chi connectivity index (χ1n) is 7.36. The van der Waals surface area contributed by atoms with Crippen LogP contribution in [0.2, 0.25) is 0 Å². The maximum Gasteiger partial charge on any atom is 0.145 e. The van der Waals surface area contributed by atoms with E-state index in [1.54, 1.807) is 17.6 Å². The van der Waals surface area contributed by atoms with Crippen molar-refractivity contribution in [2.75, 3.05) is 29.5 Å². The molecule has 3 aromatic rings. The van der Waals surface area contributed by atoms with Crippen LogP contribution in [0.15, 0.2) is 47.3 Å². The van der Waals surface area contributed by atoms with Crippen molar-refractivity contribution in [3.8, 4) is 21.1 Å². The minimum absolute atomic E-state index is 0.643. The van der Waals surface area contributed by atoms with Gasteiger partial charge in [0, 0.05) is 18.0 Å². The molecule has 1 aromatic carbocycles. The summed E-state index contributed by atoms with van der Waals surface area (Å²) in [5.41, 5.74) is 3.09. The molecule has 1 aliphatic heterocycles. The molecule has 1 aliphatic rings.